The normalized spacial score (nSPS) is 10.2. The van der Waals surface area contributed by atoms with Gasteiger partial charge in [0.15, 0.2) is 5.82 Å². The standard InChI is InChI=1S/C5H3N5O3/c11-10(12)5-3(8-9-13-5)4-6-1-2-7-4/h1-2H,(H,6,7). The minimum absolute atomic E-state index is 0.00463. The lowest BCUT2D eigenvalue weighted by Crippen LogP contribution is -1.90. The molecule has 2 aromatic heterocycles. The summed E-state index contributed by atoms with van der Waals surface area (Å²) in [5.41, 5.74) is -0.00463. The molecule has 0 saturated heterocycles. The third-order valence-electron chi connectivity index (χ3n) is 1.36. The van der Waals surface area contributed by atoms with E-state index in [1.807, 2.05) is 0 Å². The van der Waals surface area contributed by atoms with Crippen LogP contribution in [0, 0.1) is 10.1 Å². The van der Waals surface area contributed by atoms with Crippen LogP contribution < -0.4 is 0 Å². The third kappa shape index (κ3) is 1.13. The molecule has 0 aliphatic heterocycles. The van der Waals surface area contributed by atoms with E-state index in [9.17, 15) is 10.1 Å². The first kappa shape index (κ1) is 7.40. The largest absolute Gasteiger partial charge is 0.487 e. The lowest BCUT2D eigenvalue weighted by atomic mass is 10.4. The fourth-order valence-corrected chi connectivity index (χ4v) is 0.849. The molecule has 8 nitrogen and oxygen atoms in total. The lowest BCUT2D eigenvalue weighted by molar-refractivity contribution is -0.403. The van der Waals surface area contributed by atoms with Crippen LogP contribution >= 0.6 is 0 Å². The van der Waals surface area contributed by atoms with Crippen LogP contribution in [0.15, 0.2) is 16.9 Å². The van der Waals surface area contributed by atoms with Crippen molar-refractivity contribution in [3.05, 3.63) is 22.5 Å². The third-order valence-corrected chi connectivity index (χ3v) is 1.36. The van der Waals surface area contributed by atoms with Crippen molar-refractivity contribution in [3.8, 4) is 11.5 Å². The number of nitro groups is 1. The number of H-pyrrole nitrogens is 1. The Morgan fingerprint density at radius 2 is 2.46 bits per heavy atom. The zero-order valence-electron chi connectivity index (χ0n) is 6.17. The van der Waals surface area contributed by atoms with Gasteiger partial charge in [-0.25, -0.2) is 4.98 Å². The van der Waals surface area contributed by atoms with E-state index in [0.29, 0.717) is 0 Å². The number of nitrogens with zero attached hydrogens (tertiary/aromatic N) is 4. The SMILES string of the molecule is O=[N+]([O-])c1onnc1-c1ncc[nH]1. The molecule has 0 bridgehead atoms. The maximum Gasteiger partial charge on any atom is 0.487 e. The number of imidazole rings is 1. The van der Waals surface area contributed by atoms with Crippen LogP contribution in [0.1, 0.15) is 0 Å². The van der Waals surface area contributed by atoms with Gasteiger partial charge in [-0.05, 0) is 0 Å². The van der Waals surface area contributed by atoms with Crippen molar-refractivity contribution >= 4 is 5.88 Å². The molecule has 0 spiro atoms. The molecule has 0 radical (unpaired) electrons. The van der Waals surface area contributed by atoms with Crippen molar-refractivity contribution in [2.45, 2.75) is 0 Å². The fraction of sp³-hybridized carbons (Fsp3) is 0. The topological polar surface area (TPSA) is 111 Å². The van der Waals surface area contributed by atoms with Crippen LogP contribution in [0.4, 0.5) is 5.88 Å². The van der Waals surface area contributed by atoms with Crippen LogP contribution in [-0.4, -0.2) is 25.3 Å². The van der Waals surface area contributed by atoms with Crippen molar-refractivity contribution in [2.75, 3.05) is 0 Å². The first-order valence-electron chi connectivity index (χ1n) is 3.25. The van der Waals surface area contributed by atoms with E-state index >= 15 is 0 Å². The summed E-state index contributed by atoms with van der Waals surface area (Å²) < 4.78 is 4.33. The summed E-state index contributed by atoms with van der Waals surface area (Å²) in [5, 5.41) is 16.9. The molecule has 2 rings (SSSR count). The van der Waals surface area contributed by atoms with E-state index in [0.717, 1.165) is 0 Å². The quantitative estimate of drug-likeness (QED) is 0.529. The maximum absolute atomic E-state index is 10.4. The van der Waals surface area contributed by atoms with Crippen LogP contribution in [0.25, 0.3) is 11.5 Å². The second-order valence-corrected chi connectivity index (χ2v) is 2.12. The molecule has 0 aliphatic carbocycles. The number of hydrogen-bond donors (Lipinski definition) is 1. The monoisotopic (exact) mass is 181 g/mol. The van der Waals surface area contributed by atoms with Gasteiger partial charge in [0, 0.05) is 17.7 Å². The Labute approximate surface area is 70.7 Å². The molecule has 1 N–H and O–H groups in total. The second kappa shape index (κ2) is 2.66. The average molecular weight is 181 g/mol. The number of hydrogen-bond acceptors (Lipinski definition) is 6. The van der Waals surface area contributed by atoms with Crippen molar-refractivity contribution in [2.24, 2.45) is 0 Å². The van der Waals surface area contributed by atoms with Crippen molar-refractivity contribution < 1.29 is 9.45 Å². The summed E-state index contributed by atoms with van der Waals surface area (Å²) in [6.07, 6.45) is 2.97. The van der Waals surface area contributed by atoms with E-state index in [4.69, 9.17) is 0 Å². The van der Waals surface area contributed by atoms with E-state index in [2.05, 4.69) is 24.9 Å². The lowest BCUT2D eigenvalue weighted by Gasteiger charge is -1.85. The van der Waals surface area contributed by atoms with Gasteiger partial charge in [0.2, 0.25) is 0 Å². The highest BCUT2D eigenvalue weighted by atomic mass is 16.7. The first-order valence-corrected chi connectivity index (χ1v) is 3.25. The molecular formula is C5H3N5O3. The van der Waals surface area contributed by atoms with Gasteiger partial charge >= 0.3 is 5.88 Å². The molecule has 0 saturated carbocycles. The molecule has 0 amide bonds. The van der Waals surface area contributed by atoms with E-state index in [1.54, 1.807) is 0 Å². The summed E-state index contributed by atoms with van der Waals surface area (Å²) in [4.78, 5) is 16.1. The Morgan fingerprint density at radius 1 is 1.62 bits per heavy atom. The molecule has 0 aliphatic rings. The van der Waals surface area contributed by atoms with Crippen molar-refractivity contribution in [1.29, 1.82) is 0 Å². The van der Waals surface area contributed by atoms with Gasteiger partial charge in [0.05, 0.1) is 0 Å². The highest BCUT2D eigenvalue weighted by Crippen LogP contribution is 2.23. The molecule has 0 fully saturated rings. The molecule has 66 valence electrons. The minimum atomic E-state index is -0.710. The summed E-state index contributed by atoms with van der Waals surface area (Å²) >= 11 is 0. The van der Waals surface area contributed by atoms with E-state index in [-0.39, 0.29) is 11.5 Å². The van der Waals surface area contributed by atoms with Gasteiger partial charge in [-0.2, -0.15) is 0 Å². The highest BCUT2D eigenvalue weighted by molar-refractivity contribution is 5.57. The Morgan fingerprint density at radius 3 is 3.08 bits per heavy atom. The predicted molar refractivity (Wildman–Crippen MR) is 38.5 cm³/mol. The molecule has 8 heteroatoms. The van der Waals surface area contributed by atoms with Crippen LogP contribution in [0.5, 0.6) is 0 Å². The van der Waals surface area contributed by atoms with E-state index < -0.39 is 10.8 Å². The summed E-state index contributed by atoms with van der Waals surface area (Å²) in [6, 6.07) is 0. The molecule has 0 atom stereocenters. The molecule has 13 heavy (non-hydrogen) atoms. The second-order valence-electron chi connectivity index (χ2n) is 2.12. The summed E-state index contributed by atoms with van der Waals surface area (Å²) in [5.74, 6) is -0.261. The minimum Gasteiger partial charge on any atom is -0.343 e. The Balaban J connectivity index is 2.52. The van der Waals surface area contributed by atoms with E-state index in [1.165, 1.54) is 12.4 Å². The van der Waals surface area contributed by atoms with Gasteiger partial charge in [0.25, 0.3) is 5.69 Å². The van der Waals surface area contributed by atoms with Crippen LogP contribution in [0.2, 0.25) is 0 Å². The molecular weight excluding hydrogens is 178 g/mol. The van der Waals surface area contributed by atoms with Crippen molar-refractivity contribution in [3.63, 3.8) is 0 Å². The highest BCUT2D eigenvalue weighted by Gasteiger charge is 2.24. The average Bonchev–Trinajstić information content (AvgIpc) is 2.74. The number of aromatic nitrogens is 4. The van der Waals surface area contributed by atoms with Gasteiger partial charge in [-0.3, -0.25) is 14.6 Å². The smallest absolute Gasteiger partial charge is 0.343 e. The number of nitrogens with one attached hydrogen (secondary N) is 1. The van der Waals surface area contributed by atoms with Gasteiger partial charge in [-0.15, -0.1) is 0 Å². The zero-order valence-corrected chi connectivity index (χ0v) is 6.17. The van der Waals surface area contributed by atoms with Crippen LogP contribution in [-0.2, 0) is 0 Å². The maximum atomic E-state index is 10.4. The fourth-order valence-electron chi connectivity index (χ4n) is 0.849. The Kier molecular flexibility index (Phi) is 1.51. The molecule has 0 aromatic carbocycles. The Hall–Kier alpha value is -2.25. The zero-order chi connectivity index (χ0) is 9.26. The predicted octanol–water partition coefficient (Wildman–Crippen LogP) is 0.368. The van der Waals surface area contributed by atoms with Gasteiger partial charge in [-0.1, -0.05) is 5.10 Å². The van der Waals surface area contributed by atoms with Gasteiger partial charge < -0.3 is 4.98 Å². The summed E-state index contributed by atoms with van der Waals surface area (Å²) in [6.45, 7) is 0. The number of rotatable bonds is 2. The first-order chi connectivity index (χ1) is 6.29. The summed E-state index contributed by atoms with van der Waals surface area (Å²) in [7, 11) is 0. The molecule has 2 aromatic rings. The Bertz CT molecular complexity index is 419. The molecule has 0 unspecified atom stereocenters. The van der Waals surface area contributed by atoms with Crippen LogP contribution in [0.3, 0.4) is 0 Å². The number of aromatic amines is 1. The molecule has 2 heterocycles. The van der Waals surface area contributed by atoms with Crippen molar-refractivity contribution in [1.82, 2.24) is 20.3 Å². The van der Waals surface area contributed by atoms with Gasteiger partial charge in [0.1, 0.15) is 4.92 Å².